The van der Waals surface area contributed by atoms with Crippen molar-refractivity contribution < 1.29 is 14.4 Å². The number of hydrogen-bond donors (Lipinski definition) is 1. The van der Waals surface area contributed by atoms with Crippen molar-refractivity contribution in [2.75, 3.05) is 12.3 Å². The normalized spacial score (nSPS) is 10.5. The monoisotopic (exact) mass is 229 g/mol. The van der Waals surface area contributed by atoms with E-state index in [1.165, 1.54) is 11.3 Å². The molecule has 82 valence electrons. The van der Waals surface area contributed by atoms with Crippen molar-refractivity contribution in [3.05, 3.63) is 11.1 Å². The lowest BCUT2D eigenvalue weighted by molar-refractivity contribution is -0.134. The summed E-state index contributed by atoms with van der Waals surface area (Å²) in [4.78, 5) is 19.5. The number of hydrogen-bond acceptors (Lipinski definition) is 7. The van der Waals surface area contributed by atoms with Crippen LogP contribution in [0.5, 0.6) is 0 Å². The molecule has 6 nitrogen and oxygen atoms in total. The summed E-state index contributed by atoms with van der Waals surface area (Å²) < 4.78 is 4.60. The summed E-state index contributed by atoms with van der Waals surface area (Å²) in [6.07, 6.45) is 0.971. The van der Waals surface area contributed by atoms with Gasteiger partial charge >= 0.3 is 5.97 Å². The molecule has 0 aliphatic heterocycles. The third kappa shape index (κ3) is 4.41. The van der Waals surface area contributed by atoms with Gasteiger partial charge in [0.1, 0.15) is 0 Å². The van der Waals surface area contributed by atoms with Crippen molar-refractivity contribution >= 4 is 28.7 Å². The van der Waals surface area contributed by atoms with E-state index in [0.29, 0.717) is 17.4 Å². The van der Waals surface area contributed by atoms with Crippen LogP contribution >= 0.6 is 11.3 Å². The highest BCUT2D eigenvalue weighted by atomic mass is 32.1. The molecule has 0 saturated carbocycles. The van der Waals surface area contributed by atoms with Crippen LogP contribution in [0, 0.1) is 0 Å². The van der Waals surface area contributed by atoms with E-state index >= 15 is 0 Å². The number of rotatable bonds is 5. The van der Waals surface area contributed by atoms with Crippen LogP contribution in [0.2, 0.25) is 0 Å². The van der Waals surface area contributed by atoms with Crippen molar-refractivity contribution in [1.29, 1.82) is 0 Å². The van der Waals surface area contributed by atoms with E-state index in [9.17, 15) is 4.79 Å². The van der Waals surface area contributed by atoms with Crippen LogP contribution in [0.25, 0.3) is 0 Å². The summed E-state index contributed by atoms with van der Waals surface area (Å²) in [5, 5.41) is 5.65. The van der Waals surface area contributed by atoms with Crippen LogP contribution in [0.4, 0.5) is 5.13 Å². The van der Waals surface area contributed by atoms with Crippen molar-refractivity contribution in [3.8, 4) is 0 Å². The van der Waals surface area contributed by atoms with E-state index in [2.05, 4.69) is 14.9 Å². The maximum Gasteiger partial charge on any atom is 0.352 e. The minimum atomic E-state index is -0.532. The largest absolute Gasteiger partial charge is 0.462 e. The third-order valence-electron chi connectivity index (χ3n) is 1.30. The van der Waals surface area contributed by atoms with E-state index < -0.39 is 5.97 Å². The molecule has 0 saturated heterocycles. The average molecular weight is 229 g/mol. The van der Waals surface area contributed by atoms with E-state index in [1.807, 2.05) is 0 Å². The first-order valence-electron chi connectivity index (χ1n) is 4.24. The highest BCUT2D eigenvalue weighted by molar-refractivity contribution is 7.13. The van der Waals surface area contributed by atoms with Crippen LogP contribution in [-0.4, -0.2) is 23.8 Å². The van der Waals surface area contributed by atoms with Gasteiger partial charge in [0.05, 0.1) is 12.3 Å². The van der Waals surface area contributed by atoms with Crippen LogP contribution in [0.3, 0.4) is 0 Å². The standard InChI is InChI=1S/C8H11N3O3S/c1-2-13-7(12)3-10-14-4-6-5-15-8(9)11-6/h3,5H,2,4H2,1H3,(H2,9,11). The molecule has 7 heteroatoms. The quantitative estimate of drug-likeness (QED) is 0.458. The molecular weight excluding hydrogens is 218 g/mol. The minimum Gasteiger partial charge on any atom is -0.462 e. The molecule has 1 rings (SSSR count). The first-order valence-corrected chi connectivity index (χ1v) is 5.12. The van der Waals surface area contributed by atoms with Crippen LogP contribution in [0.1, 0.15) is 12.6 Å². The number of carbonyl (C=O) groups is 1. The number of nitrogen functional groups attached to an aromatic ring is 1. The van der Waals surface area contributed by atoms with Gasteiger partial charge in [0.15, 0.2) is 18.0 Å². The molecule has 0 aliphatic rings. The predicted molar refractivity (Wildman–Crippen MR) is 56.4 cm³/mol. The van der Waals surface area contributed by atoms with E-state index in [0.717, 1.165) is 6.21 Å². The molecule has 1 heterocycles. The number of anilines is 1. The molecule has 15 heavy (non-hydrogen) atoms. The molecule has 0 spiro atoms. The van der Waals surface area contributed by atoms with E-state index in [-0.39, 0.29) is 6.61 Å². The van der Waals surface area contributed by atoms with Gasteiger partial charge in [0, 0.05) is 5.38 Å². The zero-order valence-electron chi connectivity index (χ0n) is 8.17. The molecule has 0 fully saturated rings. The number of oxime groups is 1. The van der Waals surface area contributed by atoms with Crippen molar-refractivity contribution in [3.63, 3.8) is 0 Å². The first kappa shape index (κ1) is 11.4. The predicted octanol–water partition coefficient (Wildman–Crippen LogP) is 0.791. The number of nitrogens with two attached hydrogens (primary N) is 1. The fraction of sp³-hybridized carbons (Fsp3) is 0.375. The summed E-state index contributed by atoms with van der Waals surface area (Å²) in [6.45, 7) is 2.21. The summed E-state index contributed by atoms with van der Waals surface area (Å²) in [5.74, 6) is -0.532. The van der Waals surface area contributed by atoms with E-state index in [4.69, 9.17) is 10.6 Å². The Morgan fingerprint density at radius 2 is 2.60 bits per heavy atom. The number of aromatic nitrogens is 1. The van der Waals surface area contributed by atoms with Crippen LogP contribution < -0.4 is 5.73 Å². The topological polar surface area (TPSA) is 86.8 Å². The Labute approximate surface area is 90.7 Å². The number of carbonyl (C=O) groups excluding carboxylic acids is 1. The van der Waals surface area contributed by atoms with Gasteiger partial charge in [-0.15, -0.1) is 11.3 Å². The molecule has 0 aromatic carbocycles. The number of nitrogens with zero attached hydrogens (tertiary/aromatic N) is 2. The number of esters is 1. The zero-order chi connectivity index (χ0) is 11.1. The lowest BCUT2D eigenvalue weighted by Gasteiger charge is -1.95. The third-order valence-corrected chi connectivity index (χ3v) is 2.02. The van der Waals surface area contributed by atoms with Crippen molar-refractivity contribution in [1.82, 2.24) is 4.98 Å². The Morgan fingerprint density at radius 3 is 3.20 bits per heavy atom. The molecule has 0 radical (unpaired) electrons. The lowest BCUT2D eigenvalue weighted by Crippen LogP contribution is -2.05. The second kappa shape index (κ2) is 5.97. The Balaban J connectivity index is 2.24. The number of ether oxygens (including phenoxy) is 1. The van der Waals surface area contributed by atoms with E-state index in [1.54, 1.807) is 12.3 Å². The Morgan fingerprint density at radius 1 is 1.80 bits per heavy atom. The fourth-order valence-corrected chi connectivity index (χ4v) is 1.30. The van der Waals surface area contributed by atoms with Crippen LogP contribution in [-0.2, 0) is 21.0 Å². The average Bonchev–Trinajstić information content (AvgIpc) is 2.60. The van der Waals surface area contributed by atoms with Gasteiger partial charge in [-0.1, -0.05) is 5.16 Å². The smallest absolute Gasteiger partial charge is 0.352 e. The second-order valence-corrected chi connectivity index (χ2v) is 3.33. The molecule has 2 N–H and O–H groups in total. The molecule has 0 bridgehead atoms. The zero-order valence-corrected chi connectivity index (χ0v) is 8.99. The lowest BCUT2D eigenvalue weighted by atomic mass is 10.5. The summed E-state index contributed by atoms with van der Waals surface area (Å²) >= 11 is 1.32. The number of thiazole rings is 1. The second-order valence-electron chi connectivity index (χ2n) is 2.44. The SMILES string of the molecule is CCOC(=O)C=NOCc1csc(N)n1. The Kier molecular flexibility index (Phi) is 4.55. The van der Waals surface area contributed by atoms with Gasteiger partial charge in [0.25, 0.3) is 0 Å². The summed E-state index contributed by atoms with van der Waals surface area (Å²) in [6, 6.07) is 0. The van der Waals surface area contributed by atoms with Gasteiger partial charge in [-0.05, 0) is 6.92 Å². The summed E-state index contributed by atoms with van der Waals surface area (Å²) in [7, 11) is 0. The molecule has 0 aliphatic carbocycles. The molecule has 0 amide bonds. The highest BCUT2D eigenvalue weighted by Crippen LogP contribution is 2.11. The van der Waals surface area contributed by atoms with Gasteiger partial charge in [0.2, 0.25) is 0 Å². The summed E-state index contributed by atoms with van der Waals surface area (Å²) in [5.41, 5.74) is 6.09. The molecular formula is C8H11N3O3S. The van der Waals surface area contributed by atoms with Crippen LogP contribution in [0.15, 0.2) is 10.5 Å². The minimum absolute atomic E-state index is 0.184. The van der Waals surface area contributed by atoms with Crippen molar-refractivity contribution in [2.24, 2.45) is 5.16 Å². The molecule has 1 aromatic rings. The fourth-order valence-electron chi connectivity index (χ4n) is 0.752. The molecule has 0 unspecified atom stereocenters. The Hall–Kier alpha value is -1.63. The Bertz CT molecular complexity index is 351. The first-order chi connectivity index (χ1) is 7.22. The molecule has 0 atom stereocenters. The van der Waals surface area contributed by atoms with Gasteiger partial charge in [-0.3, -0.25) is 0 Å². The maximum absolute atomic E-state index is 10.8. The van der Waals surface area contributed by atoms with Gasteiger partial charge in [-0.2, -0.15) is 0 Å². The molecule has 1 aromatic heterocycles. The maximum atomic E-state index is 10.8. The van der Waals surface area contributed by atoms with Gasteiger partial charge in [-0.25, -0.2) is 9.78 Å². The highest BCUT2D eigenvalue weighted by Gasteiger charge is 1.98. The van der Waals surface area contributed by atoms with Crippen molar-refractivity contribution in [2.45, 2.75) is 13.5 Å². The van der Waals surface area contributed by atoms with Gasteiger partial charge < -0.3 is 15.3 Å².